The number of nitrogens with zero attached hydrogens (tertiary/aromatic N) is 1. The Bertz CT molecular complexity index is 593. The van der Waals surface area contributed by atoms with Crippen LogP contribution >= 0.6 is 11.3 Å². The fourth-order valence-electron chi connectivity index (χ4n) is 2.49. The van der Waals surface area contributed by atoms with Gasteiger partial charge in [-0.3, -0.25) is 4.79 Å². The number of hydrogen-bond acceptors (Lipinski definition) is 4. The van der Waals surface area contributed by atoms with E-state index in [1.165, 1.54) is 6.07 Å². The molecule has 2 heterocycles. The number of sulfonamides is 1. The highest BCUT2D eigenvalue weighted by Gasteiger charge is 2.35. The van der Waals surface area contributed by atoms with Crippen LogP contribution in [0.2, 0.25) is 0 Å². The highest BCUT2D eigenvalue weighted by molar-refractivity contribution is 7.91. The Morgan fingerprint density at radius 3 is 2.80 bits per heavy atom. The van der Waals surface area contributed by atoms with E-state index in [0.717, 1.165) is 24.2 Å². The van der Waals surface area contributed by atoms with Gasteiger partial charge in [0, 0.05) is 17.5 Å². The molecule has 1 aromatic heterocycles. The summed E-state index contributed by atoms with van der Waals surface area (Å²) in [5, 5.41) is 8.75. The SMILES string of the molecule is CC1CCCN(S(=O)(=O)c2ccc(CC(=O)O)s2)C1C. The van der Waals surface area contributed by atoms with Crippen LogP contribution in [0.15, 0.2) is 16.3 Å². The van der Waals surface area contributed by atoms with Crippen molar-refractivity contribution in [2.45, 2.75) is 43.4 Å². The molecule has 2 unspecified atom stereocenters. The minimum atomic E-state index is -3.50. The van der Waals surface area contributed by atoms with Gasteiger partial charge in [0.15, 0.2) is 0 Å². The van der Waals surface area contributed by atoms with Gasteiger partial charge in [0.05, 0.1) is 6.42 Å². The van der Waals surface area contributed by atoms with Gasteiger partial charge in [-0.25, -0.2) is 8.42 Å². The number of hydrogen-bond donors (Lipinski definition) is 1. The standard InChI is InChI=1S/C13H19NO4S2/c1-9-4-3-7-14(10(9)2)20(17,18)13-6-5-11(19-13)8-12(15)16/h5-6,9-10H,3-4,7-8H2,1-2H3,(H,15,16). The van der Waals surface area contributed by atoms with E-state index in [1.807, 2.05) is 6.92 Å². The molecular weight excluding hydrogens is 298 g/mol. The summed E-state index contributed by atoms with van der Waals surface area (Å²) in [5.74, 6) is -0.604. The summed E-state index contributed by atoms with van der Waals surface area (Å²) in [4.78, 5) is 11.2. The Balaban J connectivity index is 2.25. The second kappa shape index (κ2) is 5.83. The topological polar surface area (TPSA) is 74.7 Å². The van der Waals surface area contributed by atoms with Gasteiger partial charge in [0.2, 0.25) is 0 Å². The first-order chi connectivity index (χ1) is 9.32. The highest BCUT2D eigenvalue weighted by Crippen LogP contribution is 2.31. The molecule has 1 aliphatic heterocycles. The van der Waals surface area contributed by atoms with E-state index in [9.17, 15) is 13.2 Å². The summed E-state index contributed by atoms with van der Waals surface area (Å²) in [7, 11) is -3.50. The minimum Gasteiger partial charge on any atom is -0.481 e. The van der Waals surface area contributed by atoms with E-state index in [2.05, 4.69) is 6.92 Å². The molecule has 7 heteroatoms. The molecule has 2 atom stereocenters. The number of aliphatic carboxylic acids is 1. The highest BCUT2D eigenvalue weighted by atomic mass is 32.2. The van der Waals surface area contributed by atoms with Gasteiger partial charge in [0.25, 0.3) is 10.0 Å². The largest absolute Gasteiger partial charge is 0.481 e. The zero-order chi connectivity index (χ0) is 14.9. The summed E-state index contributed by atoms with van der Waals surface area (Å²) in [6.07, 6.45) is 1.78. The molecule has 0 radical (unpaired) electrons. The molecule has 0 aliphatic carbocycles. The maximum absolute atomic E-state index is 12.6. The van der Waals surface area contributed by atoms with Gasteiger partial charge in [0.1, 0.15) is 4.21 Å². The molecule has 20 heavy (non-hydrogen) atoms. The Kier molecular flexibility index (Phi) is 4.51. The van der Waals surface area contributed by atoms with E-state index >= 15 is 0 Å². The lowest BCUT2D eigenvalue weighted by Crippen LogP contribution is -2.45. The molecule has 1 fully saturated rings. The fraction of sp³-hybridized carbons (Fsp3) is 0.615. The Labute approximate surface area is 123 Å². The van der Waals surface area contributed by atoms with Crippen LogP contribution < -0.4 is 0 Å². The minimum absolute atomic E-state index is 0.0150. The fourth-order valence-corrected chi connectivity index (χ4v) is 5.74. The quantitative estimate of drug-likeness (QED) is 0.923. The molecule has 0 amide bonds. The van der Waals surface area contributed by atoms with Crippen molar-refractivity contribution in [1.82, 2.24) is 4.31 Å². The summed E-state index contributed by atoms with van der Waals surface area (Å²) in [6.45, 7) is 4.55. The number of rotatable bonds is 4. The van der Waals surface area contributed by atoms with Gasteiger partial charge in [-0.15, -0.1) is 11.3 Å². The van der Waals surface area contributed by atoms with Crippen molar-refractivity contribution in [1.29, 1.82) is 0 Å². The Morgan fingerprint density at radius 1 is 1.45 bits per heavy atom. The molecule has 2 rings (SSSR count). The molecule has 1 aromatic rings. The Morgan fingerprint density at radius 2 is 2.15 bits per heavy atom. The van der Waals surface area contributed by atoms with E-state index in [-0.39, 0.29) is 16.7 Å². The number of piperidine rings is 1. The summed E-state index contributed by atoms with van der Waals surface area (Å²) in [6, 6.07) is 3.09. The van der Waals surface area contributed by atoms with Crippen molar-refractivity contribution >= 4 is 27.3 Å². The van der Waals surface area contributed by atoms with Crippen LogP contribution in [0.5, 0.6) is 0 Å². The van der Waals surface area contributed by atoms with Gasteiger partial charge in [-0.1, -0.05) is 6.92 Å². The Hall–Kier alpha value is -0.920. The third kappa shape index (κ3) is 3.05. The molecule has 1 aliphatic rings. The smallest absolute Gasteiger partial charge is 0.308 e. The van der Waals surface area contributed by atoms with E-state index in [4.69, 9.17) is 5.11 Å². The molecule has 0 aromatic carbocycles. The van der Waals surface area contributed by atoms with Gasteiger partial charge in [-0.05, 0) is 37.8 Å². The zero-order valence-corrected chi connectivity index (χ0v) is 13.2. The maximum Gasteiger partial charge on any atom is 0.308 e. The molecule has 112 valence electrons. The van der Waals surface area contributed by atoms with Crippen LogP contribution in [0.25, 0.3) is 0 Å². The van der Waals surface area contributed by atoms with Crippen LogP contribution in [-0.2, 0) is 21.2 Å². The molecule has 0 bridgehead atoms. The number of carboxylic acid groups (broad SMARTS) is 1. The van der Waals surface area contributed by atoms with Crippen molar-refractivity contribution in [2.75, 3.05) is 6.54 Å². The van der Waals surface area contributed by atoms with E-state index in [0.29, 0.717) is 17.3 Å². The predicted octanol–water partition coefficient (Wildman–Crippen LogP) is 2.18. The lowest BCUT2D eigenvalue weighted by molar-refractivity contribution is -0.136. The van der Waals surface area contributed by atoms with E-state index < -0.39 is 16.0 Å². The number of carboxylic acids is 1. The predicted molar refractivity (Wildman–Crippen MR) is 77.4 cm³/mol. The van der Waals surface area contributed by atoms with Crippen LogP contribution in [-0.4, -0.2) is 36.4 Å². The zero-order valence-electron chi connectivity index (χ0n) is 11.6. The second-order valence-corrected chi connectivity index (χ2v) is 8.55. The van der Waals surface area contributed by atoms with Crippen LogP contribution in [0, 0.1) is 5.92 Å². The van der Waals surface area contributed by atoms with Gasteiger partial charge >= 0.3 is 5.97 Å². The van der Waals surface area contributed by atoms with Crippen molar-refractivity contribution in [3.63, 3.8) is 0 Å². The monoisotopic (exact) mass is 317 g/mol. The maximum atomic E-state index is 12.6. The van der Waals surface area contributed by atoms with Crippen molar-refractivity contribution in [3.05, 3.63) is 17.0 Å². The molecular formula is C13H19NO4S2. The van der Waals surface area contributed by atoms with Gasteiger partial charge in [-0.2, -0.15) is 4.31 Å². The van der Waals surface area contributed by atoms with Crippen LogP contribution in [0.3, 0.4) is 0 Å². The summed E-state index contributed by atoms with van der Waals surface area (Å²) in [5.41, 5.74) is 0. The summed E-state index contributed by atoms with van der Waals surface area (Å²) < 4.78 is 27.1. The second-order valence-electron chi connectivity index (χ2n) is 5.27. The number of carbonyl (C=O) groups is 1. The lowest BCUT2D eigenvalue weighted by atomic mass is 9.94. The number of thiophene rings is 1. The lowest BCUT2D eigenvalue weighted by Gasteiger charge is -2.36. The molecule has 0 saturated carbocycles. The van der Waals surface area contributed by atoms with E-state index in [1.54, 1.807) is 10.4 Å². The van der Waals surface area contributed by atoms with Gasteiger partial charge < -0.3 is 5.11 Å². The first-order valence-electron chi connectivity index (χ1n) is 6.64. The molecule has 1 N–H and O–H groups in total. The third-order valence-electron chi connectivity index (χ3n) is 3.84. The van der Waals surface area contributed by atoms with Crippen LogP contribution in [0.1, 0.15) is 31.6 Å². The first-order valence-corrected chi connectivity index (χ1v) is 8.90. The average molecular weight is 317 g/mol. The van der Waals surface area contributed by atoms with Crippen molar-refractivity contribution < 1.29 is 18.3 Å². The van der Waals surface area contributed by atoms with Crippen molar-refractivity contribution in [3.8, 4) is 0 Å². The molecule has 1 saturated heterocycles. The molecule has 0 spiro atoms. The van der Waals surface area contributed by atoms with Crippen LogP contribution in [0.4, 0.5) is 0 Å². The third-order valence-corrected chi connectivity index (χ3v) is 7.38. The molecule has 5 nitrogen and oxygen atoms in total. The summed E-state index contributed by atoms with van der Waals surface area (Å²) >= 11 is 1.05. The average Bonchev–Trinajstić information content (AvgIpc) is 2.80. The normalized spacial score (nSPS) is 24.7. The first kappa shape index (κ1) is 15.5. The van der Waals surface area contributed by atoms with Crippen molar-refractivity contribution in [2.24, 2.45) is 5.92 Å².